The molecule has 0 radical (unpaired) electrons. The van der Waals surface area contributed by atoms with Crippen LogP contribution in [0.3, 0.4) is 0 Å². The Balaban J connectivity index is 2.12. The Morgan fingerprint density at radius 1 is 1.44 bits per heavy atom. The number of nitrogens with zero attached hydrogens (tertiary/aromatic N) is 2. The van der Waals surface area contributed by atoms with Crippen LogP contribution in [-0.4, -0.2) is 34.9 Å². The van der Waals surface area contributed by atoms with Gasteiger partial charge in [0.05, 0.1) is 19.1 Å². The van der Waals surface area contributed by atoms with Gasteiger partial charge in [-0.15, -0.1) is 11.3 Å². The van der Waals surface area contributed by atoms with Gasteiger partial charge in [0.1, 0.15) is 5.01 Å². The molecule has 16 heavy (non-hydrogen) atoms. The van der Waals surface area contributed by atoms with Gasteiger partial charge in [-0.05, 0) is 13.8 Å². The zero-order valence-electron chi connectivity index (χ0n) is 9.10. The Labute approximate surface area is 97.0 Å². The quantitative estimate of drug-likeness (QED) is 0.567. The van der Waals surface area contributed by atoms with Gasteiger partial charge in [0.15, 0.2) is 0 Å². The summed E-state index contributed by atoms with van der Waals surface area (Å²) in [6.07, 6.45) is 0. The van der Waals surface area contributed by atoms with E-state index in [2.05, 4.69) is 9.72 Å². The Morgan fingerprint density at radius 2 is 2.06 bits per heavy atom. The van der Waals surface area contributed by atoms with Gasteiger partial charge in [0, 0.05) is 11.1 Å². The highest BCUT2D eigenvalue weighted by atomic mass is 32.1. The third-order valence-corrected chi connectivity index (χ3v) is 3.57. The number of morpholine rings is 1. The average Bonchev–Trinajstić information content (AvgIpc) is 2.62. The molecule has 1 unspecified atom stereocenters. The number of esters is 2. The number of cyclic esters (lactones) is 2. The molecular formula is C10H12N2O3S. The van der Waals surface area contributed by atoms with Crippen LogP contribution in [0, 0.1) is 6.92 Å². The van der Waals surface area contributed by atoms with Gasteiger partial charge in [-0.3, -0.25) is 14.5 Å². The van der Waals surface area contributed by atoms with Crippen molar-refractivity contribution in [2.45, 2.75) is 19.9 Å². The molecular weight excluding hydrogens is 228 g/mol. The highest BCUT2D eigenvalue weighted by Crippen LogP contribution is 2.24. The monoisotopic (exact) mass is 240 g/mol. The predicted octanol–water partition coefficient (Wildman–Crippen LogP) is 0.898. The number of ether oxygens (including phenoxy) is 1. The number of carbonyl (C=O) groups excluding carboxylic acids is 2. The molecule has 0 saturated carbocycles. The van der Waals surface area contributed by atoms with E-state index in [1.165, 1.54) is 11.3 Å². The summed E-state index contributed by atoms with van der Waals surface area (Å²) in [5.41, 5.74) is 0.956. The molecule has 0 N–H and O–H groups in total. The second kappa shape index (κ2) is 4.31. The molecule has 5 nitrogen and oxygen atoms in total. The molecule has 0 bridgehead atoms. The highest BCUT2D eigenvalue weighted by Gasteiger charge is 2.29. The maximum Gasteiger partial charge on any atom is 0.327 e. The van der Waals surface area contributed by atoms with Crippen molar-refractivity contribution in [3.05, 3.63) is 16.1 Å². The summed E-state index contributed by atoms with van der Waals surface area (Å²) in [6.45, 7) is 4.14. The van der Waals surface area contributed by atoms with Crippen LogP contribution in [0.4, 0.5) is 0 Å². The second-order valence-electron chi connectivity index (χ2n) is 3.75. The van der Waals surface area contributed by atoms with E-state index < -0.39 is 11.9 Å². The van der Waals surface area contributed by atoms with Crippen molar-refractivity contribution in [1.29, 1.82) is 0 Å². The Morgan fingerprint density at radius 3 is 2.56 bits per heavy atom. The standard InChI is InChI=1S/C10H12N2O3S/c1-6-5-16-10(11-6)7(2)12-3-8(13)15-9(14)4-12/h5,7H,3-4H2,1-2H3. The molecule has 86 valence electrons. The van der Waals surface area contributed by atoms with E-state index in [1.807, 2.05) is 19.2 Å². The summed E-state index contributed by atoms with van der Waals surface area (Å²) in [7, 11) is 0. The fraction of sp³-hybridized carbons (Fsp3) is 0.500. The van der Waals surface area contributed by atoms with E-state index in [0.717, 1.165) is 10.7 Å². The lowest BCUT2D eigenvalue weighted by atomic mass is 10.2. The van der Waals surface area contributed by atoms with Gasteiger partial charge in [-0.25, -0.2) is 4.98 Å². The molecule has 1 aliphatic rings. The molecule has 0 amide bonds. The Bertz CT molecular complexity index is 413. The van der Waals surface area contributed by atoms with Crippen molar-refractivity contribution in [3.63, 3.8) is 0 Å². The van der Waals surface area contributed by atoms with Crippen LogP contribution in [0.1, 0.15) is 23.7 Å². The van der Waals surface area contributed by atoms with Crippen LogP contribution >= 0.6 is 11.3 Å². The second-order valence-corrected chi connectivity index (χ2v) is 4.64. The van der Waals surface area contributed by atoms with Gasteiger partial charge in [-0.2, -0.15) is 0 Å². The molecule has 2 heterocycles. The summed E-state index contributed by atoms with van der Waals surface area (Å²) in [5, 5.41) is 2.87. The van der Waals surface area contributed by atoms with Crippen molar-refractivity contribution < 1.29 is 14.3 Å². The lowest BCUT2D eigenvalue weighted by Gasteiger charge is -2.28. The smallest absolute Gasteiger partial charge is 0.327 e. The maximum atomic E-state index is 11.1. The molecule has 1 aromatic heterocycles. The number of aromatic nitrogens is 1. The minimum atomic E-state index is -0.489. The number of rotatable bonds is 2. The summed E-state index contributed by atoms with van der Waals surface area (Å²) in [6, 6.07) is -0.0319. The topological polar surface area (TPSA) is 59.5 Å². The first-order chi connectivity index (χ1) is 7.56. The molecule has 1 aromatic rings. The van der Waals surface area contributed by atoms with Crippen LogP contribution in [0.15, 0.2) is 5.38 Å². The number of hydrogen-bond acceptors (Lipinski definition) is 6. The van der Waals surface area contributed by atoms with Gasteiger partial charge in [0.2, 0.25) is 0 Å². The van der Waals surface area contributed by atoms with Gasteiger partial charge in [-0.1, -0.05) is 0 Å². The molecule has 1 atom stereocenters. The molecule has 1 saturated heterocycles. The molecule has 2 rings (SSSR count). The molecule has 0 spiro atoms. The molecule has 1 aliphatic heterocycles. The van der Waals surface area contributed by atoms with Gasteiger partial charge in [0.25, 0.3) is 0 Å². The van der Waals surface area contributed by atoms with Crippen LogP contribution < -0.4 is 0 Å². The third-order valence-electron chi connectivity index (χ3n) is 2.43. The van der Waals surface area contributed by atoms with Crippen LogP contribution in [-0.2, 0) is 14.3 Å². The lowest BCUT2D eigenvalue weighted by molar-refractivity contribution is -0.167. The first kappa shape index (κ1) is 11.2. The first-order valence-corrected chi connectivity index (χ1v) is 5.84. The third kappa shape index (κ3) is 2.28. The van der Waals surface area contributed by atoms with E-state index in [4.69, 9.17) is 0 Å². The lowest BCUT2D eigenvalue weighted by Crippen LogP contribution is -2.43. The first-order valence-electron chi connectivity index (χ1n) is 4.96. The van der Waals surface area contributed by atoms with E-state index in [9.17, 15) is 9.59 Å². The summed E-state index contributed by atoms with van der Waals surface area (Å²) >= 11 is 1.54. The number of aryl methyl sites for hydroxylation is 1. The van der Waals surface area contributed by atoms with Crippen molar-refractivity contribution in [2.75, 3.05) is 13.1 Å². The molecule has 0 aliphatic carbocycles. The van der Waals surface area contributed by atoms with Crippen molar-refractivity contribution in [2.24, 2.45) is 0 Å². The maximum absolute atomic E-state index is 11.1. The SMILES string of the molecule is Cc1csc(C(C)N2CC(=O)OC(=O)C2)n1. The fourth-order valence-corrected chi connectivity index (χ4v) is 2.46. The zero-order valence-corrected chi connectivity index (χ0v) is 9.91. The predicted molar refractivity (Wildman–Crippen MR) is 57.9 cm³/mol. The Kier molecular flexibility index (Phi) is 3.02. The van der Waals surface area contributed by atoms with Crippen LogP contribution in [0.2, 0.25) is 0 Å². The van der Waals surface area contributed by atoms with Crippen LogP contribution in [0.5, 0.6) is 0 Å². The fourth-order valence-electron chi connectivity index (χ4n) is 1.57. The molecule has 6 heteroatoms. The molecule has 0 aromatic carbocycles. The zero-order chi connectivity index (χ0) is 11.7. The summed E-state index contributed by atoms with van der Waals surface area (Å²) in [4.78, 5) is 28.4. The van der Waals surface area contributed by atoms with Crippen molar-refractivity contribution in [3.8, 4) is 0 Å². The largest absolute Gasteiger partial charge is 0.391 e. The van der Waals surface area contributed by atoms with Crippen molar-refractivity contribution in [1.82, 2.24) is 9.88 Å². The van der Waals surface area contributed by atoms with Gasteiger partial charge >= 0.3 is 11.9 Å². The van der Waals surface area contributed by atoms with Crippen molar-refractivity contribution >= 4 is 23.3 Å². The van der Waals surface area contributed by atoms with Gasteiger partial charge < -0.3 is 4.74 Å². The molecule has 1 fully saturated rings. The van der Waals surface area contributed by atoms with E-state index in [1.54, 1.807) is 4.90 Å². The Hall–Kier alpha value is -1.27. The minimum Gasteiger partial charge on any atom is -0.391 e. The minimum absolute atomic E-state index is 0.0319. The van der Waals surface area contributed by atoms with E-state index in [-0.39, 0.29) is 19.1 Å². The van der Waals surface area contributed by atoms with Crippen LogP contribution in [0.25, 0.3) is 0 Å². The number of thiazole rings is 1. The van der Waals surface area contributed by atoms with E-state index >= 15 is 0 Å². The summed E-state index contributed by atoms with van der Waals surface area (Å²) < 4.78 is 4.47. The number of carbonyl (C=O) groups is 2. The number of hydrogen-bond donors (Lipinski definition) is 0. The average molecular weight is 240 g/mol. The normalized spacial score (nSPS) is 19.6. The summed E-state index contributed by atoms with van der Waals surface area (Å²) in [5.74, 6) is -0.979. The van der Waals surface area contributed by atoms with E-state index in [0.29, 0.717) is 0 Å². The highest BCUT2D eigenvalue weighted by molar-refractivity contribution is 7.09.